The molecule has 1 fully saturated rings. The van der Waals surface area contributed by atoms with Gasteiger partial charge in [-0.1, -0.05) is 12.1 Å². The van der Waals surface area contributed by atoms with E-state index in [1.165, 1.54) is 4.88 Å². The molecular weight excluding hydrogens is 346 g/mol. The Bertz CT molecular complexity index is 781. The van der Waals surface area contributed by atoms with Gasteiger partial charge in [-0.2, -0.15) is 0 Å². The summed E-state index contributed by atoms with van der Waals surface area (Å²) in [5.74, 6) is 1.67. The topological polar surface area (TPSA) is 63.2 Å². The van der Waals surface area contributed by atoms with Crippen LogP contribution in [0.3, 0.4) is 0 Å². The first-order valence-corrected chi connectivity index (χ1v) is 10.2. The predicted molar refractivity (Wildman–Crippen MR) is 105 cm³/mol. The maximum Gasteiger partial charge on any atom is 0.217 e. The van der Waals surface area contributed by atoms with E-state index >= 15 is 0 Å². The first kappa shape index (κ1) is 17.3. The van der Waals surface area contributed by atoms with Gasteiger partial charge >= 0.3 is 0 Å². The van der Waals surface area contributed by atoms with Crippen molar-refractivity contribution in [1.29, 1.82) is 0 Å². The number of carbonyl (C=O) groups excluding carboxylic acids is 1. The van der Waals surface area contributed by atoms with Gasteiger partial charge in [0, 0.05) is 36.4 Å². The highest BCUT2D eigenvalue weighted by atomic mass is 32.1. The minimum Gasteiger partial charge on any atom is -0.493 e. The highest BCUT2D eigenvalue weighted by Gasteiger charge is 2.23. The number of nitrogens with zero attached hydrogens (tertiary/aromatic N) is 1. The molecule has 0 bridgehead atoms. The smallest absolute Gasteiger partial charge is 0.217 e. The van der Waals surface area contributed by atoms with Crippen molar-refractivity contribution < 1.29 is 9.53 Å². The number of fused-ring (bicyclic) bond motifs is 3. The van der Waals surface area contributed by atoms with Crippen LogP contribution in [-0.2, 0) is 11.2 Å². The molecule has 5 nitrogen and oxygen atoms in total. The minimum atomic E-state index is 0.0834. The largest absolute Gasteiger partial charge is 0.493 e. The van der Waals surface area contributed by atoms with E-state index in [1.54, 1.807) is 18.3 Å². The molecule has 1 aromatic heterocycles. The number of hydrogen-bond acceptors (Lipinski definition) is 5. The van der Waals surface area contributed by atoms with Crippen LogP contribution in [-0.4, -0.2) is 30.1 Å². The number of ether oxygens (including phenoxy) is 1. The summed E-state index contributed by atoms with van der Waals surface area (Å²) >= 11 is 1.75. The second-order valence-electron chi connectivity index (χ2n) is 7.18. The zero-order chi connectivity index (χ0) is 17.9. The van der Waals surface area contributed by atoms with E-state index in [2.05, 4.69) is 16.7 Å². The van der Waals surface area contributed by atoms with Gasteiger partial charge in [0.2, 0.25) is 5.91 Å². The Kier molecular flexibility index (Phi) is 5.11. The van der Waals surface area contributed by atoms with Crippen LogP contribution in [0.25, 0.3) is 11.3 Å². The zero-order valence-electron chi connectivity index (χ0n) is 15.1. The molecule has 0 atom stereocenters. The Balaban J connectivity index is 1.37. The maximum absolute atomic E-state index is 11.2. The Hall–Kier alpha value is -2.08. The predicted octanol–water partition coefficient (Wildman–Crippen LogP) is 3.85. The molecule has 0 radical (unpaired) electrons. The summed E-state index contributed by atoms with van der Waals surface area (Å²) in [6, 6.07) is 8.51. The normalized spacial score (nSPS) is 21.7. The second-order valence-corrected chi connectivity index (χ2v) is 8.27. The molecule has 1 saturated carbocycles. The molecule has 4 rings (SSSR count). The molecule has 2 aromatic rings. The Morgan fingerprint density at radius 3 is 2.88 bits per heavy atom. The molecule has 1 aromatic carbocycles. The number of rotatable bonds is 4. The van der Waals surface area contributed by atoms with Crippen molar-refractivity contribution in [1.82, 2.24) is 10.3 Å². The molecular formula is C20H25N3O2S. The second kappa shape index (κ2) is 7.66. The number of hydrogen-bond donors (Lipinski definition) is 2. The number of aromatic nitrogens is 1. The molecule has 6 heteroatoms. The number of para-hydroxylation sites is 1. The van der Waals surface area contributed by atoms with E-state index in [4.69, 9.17) is 9.72 Å². The Morgan fingerprint density at radius 2 is 2.08 bits per heavy atom. The van der Waals surface area contributed by atoms with Gasteiger partial charge in [-0.3, -0.25) is 4.79 Å². The number of carbonyl (C=O) groups is 1. The Labute approximate surface area is 158 Å². The van der Waals surface area contributed by atoms with Crippen LogP contribution in [0.5, 0.6) is 5.75 Å². The molecule has 138 valence electrons. The third-order valence-electron chi connectivity index (χ3n) is 5.22. The third kappa shape index (κ3) is 3.85. The third-order valence-corrected chi connectivity index (χ3v) is 6.30. The molecule has 2 N–H and O–H groups in total. The van der Waals surface area contributed by atoms with Crippen molar-refractivity contribution in [2.45, 2.75) is 45.1 Å². The van der Waals surface area contributed by atoms with E-state index in [0.717, 1.165) is 60.8 Å². The van der Waals surface area contributed by atoms with Gasteiger partial charge in [0.15, 0.2) is 5.13 Å². The molecule has 1 amide bonds. The molecule has 1 aliphatic carbocycles. The van der Waals surface area contributed by atoms with Crippen molar-refractivity contribution in [3.8, 4) is 17.0 Å². The zero-order valence-corrected chi connectivity index (χ0v) is 15.9. The van der Waals surface area contributed by atoms with Crippen molar-refractivity contribution >= 4 is 22.4 Å². The number of amides is 1. The van der Waals surface area contributed by atoms with E-state index in [1.807, 2.05) is 18.2 Å². The van der Waals surface area contributed by atoms with Crippen molar-refractivity contribution in [2.75, 3.05) is 18.5 Å². The summed E-state index contributed by atoms with van der Waals surface area (Å²) in [6.07, 6.45) is 5.36. The first-order valence-electron chi connectivity index (χ1n) is 9.42. The van der Waals surface area contributed by atoms with Crippen LogP contribution in [0, 0.1) is 5.92 Å². The van der Waals surface area contributed by atoms with Crippen LogP contribution in [0.2, 0.25) is 0 Å². The summed E-state index contributed by atoms with van der Waals surface area (Å²) in [7, 11) is 0. The van der Waals surface area contributed by atoms with Crippen LogP contribution < -0.4 is 15.4 Å². The van der Waals surface area contributed by atoms with Gasteiger partial charge in [-0.15, -0.1) is 11.3 Å². The van der Waals surface area contributed by atoms with E-state index in [9.17, 15) is 4.79 Å². The first-order chi connectivity index (χ1) is 12.7. The lowest BCUT2D eigenvalue weighted by molar-refractivity contribution is -0.119. The summed E-state index contributed by atoms with van der Waals surface area (Å²) in [5, 5.41) is 7.61. The molecule has 26 heavy (non-hydrogen) atoms. The lowest BCUT2D eigenvalue weighted by atomic mass is 9.86. The average Bonchev–Trinajstić information content (AvgIpc) is 2.96. The summed E-state index contributed by atoms with van der Waals surface area (Å²) in [4.78, 5) is 17.3. The standard InChI is InChI=1S/C20H25N3O2S/c1-13(24)22-15-8-6-14(7-9-15)12-21-20-23-19-16-4-2-3-5-17(16)25-11-10-18(19)26-20/h2-5,14-15H,6-12H2,1H3,(H,21,23)(H,22,24). The monoisotopic (exact) mass is 371 g/mol. The quantitative estimate of drug-likeness (QED) is 0.857. The van der Waals surface area contributed by atoms with Crippen LogP contribution in [0.4, 0.5) is 5.13 Å². The fraction of sp³-hybridized carbons (Fsp3) is 0.500. The maximum atomic E-state index is 11.2. The van der Waals surface area contributed by atoms with E-state index in [-0.39, 0.29) is 5.91 Å². The molecule has 0 spiro atoms. The Morgan fingerprint density at radius 1 is 1.27 bits per heavy atom. The molecule has 0 unspecified atom stereocenters. The lowest BCUT2D eigenvalue weighted by Gasteiger charge is -2.28. The number of anilines is 1. The van der Waals surface area contributed by atoms with Gasteiger partial charge in [-0.25, -0.2) is 4.98 Å². The SMILES string of the molecule is CC(=O)NC1CCC(CNc2nc3c(s2)CCOc2ccccc2-3)CC1. The fourth-order valence-electron chi connectivity index (χ4n) is 3.88. The number of thiazole rings is 1. The molecule has 2 aliphatic rings. The summed E-state index contributed by atoms with van der Waals surface area (Å²) in [6.45, 7) is 3.26. The van der Waals surface area contributed by atoms with Crippen molar-refractivity contribution in [2.24, 2.45) is 5.92 Å². The highest BCUT2D eigenvalue weighted by molar-refractivity contribution is 7.16. The number of benzene rings is 1. The summed E-state index contributed by atoms with van der Waals surface area (Å²) < 4.78 is 5.84. The minimum absolute atomic E-state index is 0.0834. The summed E-state index contributed by atoms with van der Waals surface area (Å²) in [5.41, 5.74) is 2.17. The van der Waals surface area contributed by atoms with Crippen molar-refractivity contribution in [3.05, 3.63) is 29.1 Å². The van der Waals surface area contributed by atoms with Gasteiger partial charge in [-0.05, 0) is 43.7 Å². The van der Waals surface area contributed by atoms with Crippen molar-refractivity contribution in [3.63, 3.8) is 0 Å². The van der Waals surface area contributed by atoms with Gasteiger partial charge in [0.05, 0.1) is 12.3 Å². The fourth-order valence-corrected chi connectivity index (χ4v) is 4.84. The number of nitrogens with one attached hydrogen (secondary N) is 2. The molecule has 2 heterocycles. The van der Waals surface area contributed by atoms with Crippen LogP contribution in [0.15, 0.2) is 24.3 Å². The van der Waals surface area contributed by atoms with Gasteiger partial charge < -0.3 is 15.4 Å². The molecule has 0 saturated heterocycles. The van der Waals surface area contributed by atoms with Gasteiger partial charge in [0.25, 0.3) is 0 Å². The lowest BCUT2D eigenvalue weighted by Crippen LogP contribution is -2.37. The van der Waals surface area contributed by atoms with Crippen LogP contribution in [0.1, 0.15) is 37.5 Å². The van der Waals surface area contributed by atoms with Gasteiger partial charge in [0.1, 0.15) is 5.75 Å². The molecule has 1 aliphatic heterocycles. The van der Waals surface area contributed by atoms with Crippen LogP contribution >= 0.6 is 11.3 Å². The van der Waals surface area contributed by atoms with E-state index in [0.29, 0.717) is 18.6 Å². The average molecular weight is 372 g/mol. The highest BCUT2D eigenvalue weighted by Crippen LogP contribution is 2.39. The van der Waals surface area contributed by atoms with E-state index < -0.39 is 0 Å².